The highest BCUT2D eigenvalue weighted by Crippen LogP contribution is 2.28. The molecule has 0 saturated heterocycles. The summed E-state index contributed by atoms with van der Waals surface area (Å²) in [6, 6.07) is 15.3. The van der Waals surface area contributed by atoms with Crippen LogP contribution in [0.5, 0.6) is 0 Å². The van der Waals surface area contributed by atoms with Crippen LogP contribution in [-0.2, 0) is 26.2 Å². The monoisotopic (exact) mass is 591 g/mol. The molecule has 2 amide bonds. The molecule has 0 bridgehead atoms. The molecule has 214 valence electrons. The van der Waals surface area contributed by atoms with Gasteiger partial charge in [0.2, 0.25) is 11.8 Å². The highest BCUT2D eigenvalue weighted by molar-refractivity contribution is 7.92. The van der Waals surface area contributed by atoms with E-state index in [4.69, 9.17) is 11.6 Å². The van der Waals surface area contributed by atoms with E-state index in [-0.39, 0.29) is 28.6 Å². The molecule has 40 heavy (non-hydrogen) atoms. The fraction of sp³-hybridized carbons (Fsp3) is 0.310. The van der Waals surface area contributed by atoms with Crippen LogP contribution in [0.1, 0.15) is 39.7 Å². The third-order valence-electron chi connectivity index (χ3n) is 5.95. The molecule has 0 radical (unpaired) electrons. The molecular weight excluding hydrogens is 560 g/mol. The summed E-state index contributed by atoms with van der Waals surface area (Å²) in [6.07, 6.45) is 0.225. The standard InChI is InChI=1S/C29H32ClF2N3O4S/c1-5-26(28(37)33-29(2,3)4)34(18-20-11-13-21(31)14-12-20)27(36)19-35(22-15-16-25(32)24(30)17-22)40(38,39)23-9-7-6-8-10-23/h6-17,26H,5,18-19H2,1-4H3,(H,33,37)/t26-/m0/s1. The van der Waals surface area contributed by atoms with Gasteiger partial charge in [0.15, 0.2) is 0 Å². The number of rotatable bonds is 10. The SMILES string of the molecule is CC[C@@H](C(=O)NC(C)(C)C)N(Cc1ccc(F)cc1)C(=O)CN(c1ccc(F)c(Cl)c1)S(=O)(=O)c1ccccc1. The molecule has 0 spiro atoms. The highest BCUT2D eigenvalue weighted by atomic mass is 35.5. The summed E-state index contributed by atoms with van der Waals surface area (Å²) in [4.78, 5) is 28.4. The van der Waals surface area contributed by atoms with Crippen LogP contribution in [0.2, 0.25) is 5.02 Å². The van der Waals surface area contributed by atoms with E-state index >= 15 is 0 Å². The number of amides is 2. The number of sulfonamides is 1. The molecule has 3 rings (SSSR count). The van der Waals surface area contributed by atoms with Crippen LogP contribution in [0.4, 0.5) is 14.5 Å². The van der Waals surface area contributed by atoms with Gasteiger partial charge in [0.25, 0.3) is 10.0 Å². The molecule has 3 aromatic carbocycles. The summed E-state index contributed by atoms with van der Waals surface area (Å²) in [5.41, 5.74) is -0.0839. The molecule has 3 aromatic rings. The first-order valence-corrected chi connectivity index (χ1v) is 14.4. The summed E-state index contributed by atoms with van der Waals surface area (Å²) in [6.45, 7) is 6.34. The lowest BCUT2D eigenvalue weighted by Crippen LogP contribution is -2.55. The first kappa shape index (κ1) is 31.0. The number of benzene rings is 3. The lowest BCUT2D eigenvalue weighted by Gasteiger charge is -2.34. The van der Waals surface area contributed by atoms with Gasteiger partial charge in [-0.1, -0.05) is 48.9 Å². The van der Waals surface area contributed by atoms with Crippen molar-refractivity contribution in [2.75, 3.05) is 10.8 Å². The Kier molecular flexibility index (Phi) is 9.92. The van der Waals surface area contributed by atoms with Gasteiger partial charge >= 0.3 is 0 Å². The van der Waals surface area contributed by atoms with Crippen molar-refractivity contribution in [3.8, 4) is 0 Å². The topological polar surface area (TPSA) is 86.8 Å². The fourth-order valence-corrected chi connectivity index (χ4v) is 5.65. The summed E-state index contributed by atoms with van der Waals surface area (Å²) in [7, 11) is -4.32. The Labute approximate surface area is 238 Å². The number of anilines is 1. The average Bonchev–Trinajstić information content (AvgIpc) is 2.89. The third-order valence-corrected chi connectivity index (χ3v) is 8.03. The molecular formula is C29H32ClF2N3O4S. The first-order valence-electron chi connectivity index (χ1n) is 12.6. The zero-order valence-corrected chi connectivity index (χ0v) is 24.3. The molecule has 11 heteroatoms. The second-order valence-corrected chi connectivity index (χ2v) is 12.5. The minimum atomic E-state index is -4.32. The maximum absolute atomic E-state index is 14.0. The number of hydrogen-bond donors (Lipinski definition) is 1. The Bertz CT molecular complexity index is 1450. The van der Waals surface area contributed by atoms with Gasteiger partial charge in [-0.15, -0.1) is 0 Å². The third kappa shape index (κ3) is 7.79. The zero-order chi connectivity index (χ0) is 29.7. The first-order chi connectivity index (χ1) is 18.7. The van der Waals surface area contributed by atoms with Crippen LogP contribution >= 0.6 is 11.6 Å². The second kappa shape index (κ2) is 12.8. The molecule has 0 aliphatic heterocycles. The van der Waals surface area contributed by atoms with E-state index in [1.165, 1.54) is 59.5 Å². The largest absolute Gasteiger partial charge is 0.350 e. The molecule has 0 aliphatic carbocycles. The minimum absolute atomic E-state index is 0.0301. The summed E-state index contributed by atoms with van der Waals surface area (Å²) in [5, 5.41) is 2.55. The van der Waals surface area contributed by atoms with Gasteiger partial charge in [-0.2, -0.15) is 0 Å². The van der Waals surface area contributed by atoms with E-state index in [2.05, 4.69) is 5.32 Å². The van der Waals surface area contributed by atoms with Gasteiger partial charge in [0.05, 0.1) is 15.6 Å². The van der Waals surface area contributed by atoms with Crippen LogP contribution in [0, 0.1) is 11.6 Å². The van der Waals surface area contributed by atoms with Crippen molar-refractivity contribution >= 4 is 39.1 Å². The number of carbonyl (C=O) groups is 2. The molecule has 0 heterocycles. The second-order valence-electron chi connectivity index (χ2n) is 10.2. The molecule has 0 aromatic heterocycles. The fourth-order valence-electron chi connectivity index (χ4n) is 4.05. The van der Waals surface area contributed by atoms with E-state index in [1.807, 2.05) is 0 Å². The van der Waals surface area contributed by atoms with Gasteiger partial charge in [-0.05, 0) is 75.2 Å². The van der Waals surface area contributed by atoms with Crippen LogP contribution in [0.25, 0.3) is 0 Å². The van der Waals surface area contributed by atoms with Crippen molar-refractivity contribution in [3.05, 3.63) is 95.0 Å². The number of hydrogen-bond acceptors (Lipinski definition) is 4. The van der Waals surface area contributed by atoms with E-state index in [0.29, 0.717) is 5.56 Å². The van der Waals surface area contributed by atoms with E-state index in [1.54, 1.807) is 33.8 Å². The molecule has 0 saturated carbocycles. The van der Waals surface area contributed by atoms with E-state index < -0.39 is 51.6 Å². The normalized spacial score (nSPS) is 12.5. The van der Waals surface area contributed by atoms with Crippen molar-refractivity contribution in [3.63, 3.8) is 0 Å². The maximum Gasteiger partial charge on any atom is 0.264 e. The van der Waals surface area contributed by atoms with Gasteiger partial charge in [-0.3, -0.25) is 13.9 Å². The van der Waals surface area contributed by atoms with E-state index in [0.717, 1.165) is 16.4 Å². The van der Waals surface area contributed by atoms with Crippen LogP contribution in [-0.4, -0.2) is 43.3 Å². The predicted molar refractivity (Wildman–Crippen MR) is 151 cm³/mol. The van der Waals surface area contributed by atoms with Crippen LogP contribution in [0.15, 0.2) is 77.7 Å². The van der Waals surface area contributed by atoms with Crippen molar-refractivity contribution < 1.29 is 26.8 Å². The molecule has 0 fully saturated rings. The quantitative estimate of drug-likeness (QED) is 0.336. The Hall–Kier alpha value is -3.50. The van der Waals surface area contributed by atoms with Gasteiger partial charge in [0, 0.05) is 12.1 Å². The smallest absolute Gasteiger partial charge is 0.264 e. The number of carbonyl (C=O) groups excluding carboxylic acids is 2. The number of nitrogens with one attached hydrogen (secondary N) is 1. The van der Waals surface area contributed by atoms with Gasteiger partial charge < -0.3 is 10.2 Å². The van der Waals surface area contributed by atoms with Gasteiger partial charge in [-0.25, -0.2) is 17.2 Å². The van der Waals surface area contributed by atoms with Gasteiger partial charge in [0.1, 0.15) is 24.2 Å². The molecule has 0 aliphatic rings. The lowest BCUT2D eigenvalue weighted by atomic mass is 10.1. The molecule has 7 nitrogen and oxygen atoms in total. The Morgan fingerprint density at radius 2 is 1.60 bits per heavy atom. The summed E-state index contributed by atoms with van der Waals surface area (Å²) >= 11 is 5.97. The van der Waals surface area contributed by atoms with Crippen LogP contribution in [0.3, 0.4) is 0 Å². The summed E-state index contributed by atoms with van der Waals surface area (Å²) in [5.74, 6) is -2.34. The number of nitrogens with zero attached hydrogens (tertiary/aromatic N) is 2. The molecule has 1 N–H and O–H groups in total. The predicted octanol–water partition coefficient (Wildman–Crippen LogP) is 5.54. The lowest BCUT2D eigenvalue weighted by molar-refractivity contribution is -0.141. The van der Waals surface area contributed by atoms with Crippen molar-refractivity contribution in [2.45, 2.75) is 57.1 Å². The number of halogens is 3. The molecule has 0 unspecified atom stereocenters. The minimum Gasteiger partial charge on any atom is -0.350 e. The Balaban J connectivity index is 2.08. The van der Waals surface area contributed by atoms with Crippen molar-refractivity contribution in [2.24, 2.45) is 0 Å². The van der Waals surface area contributed by atoms with Crippen LogP contribution < -0.4 is 9.62 Å². The maximum atomic E-state index is 14.0. The zero-order valence-electron chi connectivity index (χ0n) is 22.7. The Morgan fingerprint density at radius 3 is 2.15 bits per heavy atom. The highest BCUT2D eigenvalue weighted by Gasteiger charge is 2.34. The summed E-state index contributed by atoms with van der Waals surface area (Å²) < 4.78 is 55.9. The van der Waals surface area contributed by atoms with Crippen molar-refractivity contribution in [1.29, 1.82) is 0 Å². The van der Waals surface area contributed by atoms with Crippen molar-refractivity contribution in [1.82, 2.24) is 10.2 Å². The molecule has 1 atom stereocenters. The van der Waals surface area contributed by atoms with E-state index in [9.17, 15) is 26.8 Å². The Morgan fingerprint density at radius 1 is 0.975 bits per heavy atom. The average molecular weight is 592 g/mol.